The molecule has 3 amide bonds. The van der Waals surface area contributed by atoms with Gasteiger partial charge >= 0.3 is 6.03 Å². The first-order valence-electron chi connectivity index (χ1n) is 8.20. The van der Waals surface area contributed by atoms with E-state index >= 15 is 0 Å². The van der Waals surface area contributed by atoms with Gasteiger partial charge in [-0.05, 0) is 42.3 Å². The maximum absolute atomic E-state index is 12.2. The van der Waals surface area contributed by atoms with Crippen LogP contribution in [-0.4, -0.2) is 44.6 Å². The van der Waals surface area contributed by atoms with Crippen molar-refractivity contribution in [2.45, 2.75) is 6.42 Å². The van der Waals surface area contributed by atoms with Crippen LogP contribution in [0.1, 0.15) is 15.9 Å². The fourth-order valence-electron chi connectivity index (χ4n) is 2.40. The van der Waals surface area contributed by atoms with Gasteiger partial charge in [-0.15, -0.1) is 0 Å². The molecule has 2 aromatic rings. The SMILES string of the molecule is COc1ccc(C(=O)N(C)C)cc1NC(=O)NCCc1ccc(Cl)cc1Cl. The van der Waals surface area contributed by atoms with Gasteiger partial charge in [-0.3, -0.25) is 4.79 Å². The van der Waals surface area contributed by atoms with Gasteiger partial charge in [0.2, 0.25) is 0 Å². The van der Waals surface area contributed by atoms with E-state index in [1.165, 1.54) is 12.0 Å². The highest BCUT2D eigenvalue weighted by molar-refractivity contribution is 6.35. The van der Waals surface area contributed by atoms with Gasteiger partial charge < -0.3 is 20.3 Å². The average molecular weight is 410 g/mol. The molecule has 0 aliphatic carbocycles. The Morgan fingerprint density at radius 1 is 1.11 bits per heavy atom. The summed E-state index contributed by atoms with van der Waals surface area (Å²) < 4.78 is 5.24. The summed E-state index contributed by atoms with van der Waals surface area (Å²) in [4.78, 5) is 25.8. The number of halogens is 2. The average Bonchev–Trinajstić information content (AvgIpc) is 2.62. The van der Waals surface area contributed by atoms with Crippen LogP contribution >= 0.6 is 23.2 Å². The van der Waals surface area contributed by atoms with Crippen LogP contribution in [0.25, 0.3) is 0 Å². The Hall–Kier alpha value is -2.44. The summed E-state index contributed by atoms with van der Waals surface area (Å²) in [6.45, 7) is 0.381. The zero-order valence-corrected chi connectivity index (χ0v) is 16.8. The number of methoxy groups -OCH3 is 1. The first-order chi connectivity index (χ1) is 12.8. The molecule has 2 aromatic carbocycles. The summed E-state index contributed by atoms with van der Waals surface area (Å²) in [5, 5.41) is 6.58. The van der Waals surface area contributed by atoms with Crippen molar-refractivity contribution in [3.05, 3.63) is 57.6 Å². The number of carbonyl (C=O) groups excluding carboxylic acids is 2. The molecule has 2 rings (SSSR count). The third-order valence-electron chi connectivity index (χ3n) is 3.80. The summed E-state index contributed by atoms with van der Waals surface area (Å²) in [6, 6.07) is 9.69. The van der Waals surface area contributed by atoms with Gasteiger partial charge in [-0.2, -0.15) is 0 Å². The molecule has 8 heteroatoms. The third-order valence-corrected chi connectivity index (χ3v) is 4.38. The maximum Gasteiger partial charge on any atom is 0.319 e. The summed E-state index contributed by atoms with van der Waals surface area (Å²) in [6.07, 6.45) is 0.555. The zero-order chi connectivity index (χ0) is 20.0. The van der Waals surface area contributed by atoms with E-state index in [2.05, 4.69) is 10.6 Å². The van der Waals surface area contributed by atoms with Gasteiger partial charge in [-0.25, -0.2) is 4.79 Å². The summed E-state index contributed by atoms with van der Waals surface area (Å²) in [5.41, 5.74) is 1.74. The van der Waals surface area contributed by atoms with Crippen LogP contribution < -0.4 is 15.4 Å². The lowest BCUT2D eigenvalue weighted by molar-refractivity contribution is 0.0827. The predicted molar refractivity (Wildman–Crippen MR) is 108 cm³/mol. The van der Waals surface area contributed by atoms with Crippen molar-refractivity contribution in [1.29, 1.82) is 0 Å². The largest absolute Gasteiger partial charge is 0.495 e. The second-order valence-corrected chi connectivity index (χ2v) is 6.82. The Morgan fingerprint density at radius 3 is 2.48 bits per heavy atom. The minimum Gasteiger partial charge on any atom is -0.495 e. The Bertz CT molecular complexity index is 841. The fourth-order valence-corrected chi connectivity index (χ4v) is 2.90. The fraction of sp³-hybridized carbons (Fsp3) is 0.263. The molecule has 0 atom stereocenters. The molecule has 0 heterocycles. The topological polar surface area (TPSA) is 70.7 Å². The normalized spacial score (nSPS) is 10.3. The van der Waals surface area contributed by atoms with Crippen molar-refractivity contribution < 1.29 is 14.3 Å². The van der Waals surface area contributed by atoms with Crippen LogP contribution in [0.15, 0.2) is 36.4 Å². The minimum atomic E-state index is -0.409. The predicted octanol–water partition coefficient (Wildman–Crippen LogP) is 4.07. The van der Waals surface area contributed by atoms with Crippen molar-refractivity contribution >= 4 is 40.8 Å². The van der Waals surface area contributed by atoms with Crippen LogP contribution in [0.3, 0.4) is 0 Å². The lowest BCUT2D eigenvalue weighted by atomic mass is 10.1. The monoisotopic (exact) mass is 409 g/mol. The molecule has 0 aliphatic rings. The smallest absolute Gasteiger partial charge is 0.319 e. The van der Waals surface area contributed by atoms with E-state index in [4.69, 9.17) is 27.9 Å². The van der Waals surface area contributed by atoms with Crippen molar-refractivity contribution in [3.8, 4) is 5.75 Å². The van der Waals surface area contributed by atoms with Gasteiger partial charge in [-0.1, -0.05) is 29.3 Å². The van der Waals surface area contributed by atoms with E-state index in [1.54, 1.807) is 44.4 Å². The van der Waals surface area contributed by atoms with Gasteiger partial charge in [0.15, 0.2) is 0 Å². The maximum atomic E-state index is 12.2. The highest BCUT2D eigenvalue weighted by Gasteiger charge is 2.13. The number of rotatable bonds is 6. The molecule has 0 saturated carbocycles. The van der Waals surface area contributed by atoms with E-state index in [0.717, 1.165) is 5.56 Å². The summed E-state index contributed by atoms with van der Waals surface area (Å²) in [5.74, 6) is 0.291. The number of hydrogen-bond donors (Lipinski definition) is 2. The quantitative estimate of drug-likeness (QED) is 0.755. The number of carbonyl (C=O) groups is 2. The van der Waals surface area contributed by atoms with Crippen LogP contribution in [0.5, 0.6) is 5.75 Å². The van der Waals surface area contributed by atoms with E-state index < -0.39 is 6.03 Å². The molecule has 144 valence electrons. The first-order valence-corrected chi connectivity index (χ1v) is 8.96. The van der Waals surface area contributed by atoms with Gasteiger partial charge in [0.25, 0.3) is 5.91 Å². The number of ether oxygens (including phenoxy) is 1. The molecule has 0 aliphatic heterocycles. The lowest BCUT2D eigenvalue weighted by Crippen LogP contribution is -2.30. The van der Waals surface area contributed by atoms with Crippen LogP contribution in [0.4, 0.5) is 10.5 Å². The molecule has 2 N–H and O–H groups in total. The molecular formula is C19H21Cl2N3O3. The zero-order valence-electron chi connectivity index (χ0n) is 15.3. The number of nitrogens with one attached hydrogen (secondary N) is 2. The van der Waals surface area contributed by atoms with E-state index in [1.807, 2.05) is 6.07 Å². The second-order valence-electron chi connectivity index (χ2n) is 5.98. The Balaban J connectivity index is 1.99. The Kier molecular flexibility index (Phi) is 7.33. The molecule has 0 unspecified atom stereocenters. The van der Waals surface area contributed by atoms with Crippen LogP contribution in [0.2, 0.25) is 10.0 Å². The van der Waals surface area contributed by atoms with Crippen molar-refractivity contribution in [1.82, 2.24) is 10.2 Å². The van der Waals surface area contributed by atoms with Crippen LogP contribution in [0, 0.1) is 0 Å². The van der Waals surface area contributed by atoms with Crippen molar-refractivity contribution in [3.63, 3.8) is 0 Å². The Morgan fingerprint density at radius 2 is 1.85 bits per heavy atom. The lowest BCUT2D eigenvalue weighted by Gasteiger charge is -2.15. The summed E-state index contributed by atoms with van der Waals surface area (Å²) >= 11 is 12.0. The van der Waals surface area contributed by atoms with E-state index in [-0.39, 0.29) is 5.91 Å². The van der Waals surface area contributed by atoms with Crippen LogP contribution in [-0.2, 0) is 6.42 Å². The van der Waals surface area contributed by atoms with Gasteiger partial charge in [0.1, 0.15) is 5.75 Å². The molecule has 0 fully saturated rings. The van der Waals surface area contributed by atoms with Crippen molar-refractivity contribution in [2.75, 3.05) is 33.1 Å². The minimum absolute atomic E-state index is 0.168. The Labute approximate surface area is 168 Å². The second kappa shape index (κ2) is 9.48. The highest BCUT2D eigenvalue weighted by Crippen LogP contribution is 2.26. The van der Waals surface area contributed by atoms with Gasteiger partial charge in [0.05, 0.1) is 12.8 Å². The molecular weight excluding hydrogens is 389 g/mol. The molecule has 0 radical (unpaired) electrons. The van der Waals surface area contributed by atoms with Crippen molar-refractivity contribution in [2.24, 2.45) is 0 Å². The van der Waals surface area contributed by atoms with E-state index in [0.29, 0.717) is 40.0 Å². The number of benzene rings is 2. The summed E-state index contributed by atoms with van der Waals surface area (Å²) in [7, 11) is 4.82. The molecule has 0 saturated heterocycles. The molecule has 27 heavy (non-hydrogen) atoms. The van der Waals surface area contributed by atoms with Gasteiger partial charge in [0, 0.05) is 36.2 Å². The molecule has 0 spiro atoms. The highest BCUT2D eigenvalue weighted by atomic mass is 35.5. The number of amides is 3. The number of hydrogen-bond acceptors (Lipinski definition) is 3. The molecule has 0 bridgehead atoms. The third kappa shape index (κ3) is 5.77. The number of nitrogens with zero attached hydrogens (tertiary/aromatic N) is 1. The first kappa shape index (κ1) is 20.9. The number of urea groups is 1. The number of anilines is 1. The molecule has 0 aromatic heterocycles. The van der Waals surface area contributed by atoms with E-state index in [9.17, 15) is 9.59 Å². The molecule has 6 nitrogen and oxygen atoms in total. The standard InChI is InChI=1S/C19H21Cl2N3O3/c1-24(2)18(25)13-5-7-17(27-3)16(10-13)23-19(26)22-9-8-12-4-6-14(20)11-15(12)21/h4-7,10-11H,8-9H2,1-3H3,(H2,22,23,26).